The van der Waals surface area contributed by atoms with Crippen molar-refractivity contribution < 1.29 is 14.3 Å². The highest BCUT2D eigenvalue weighted by Crippen LogP contribution is 2.33. The molecule has 0 spiro atoms. The number of carbonyl (C=O) groups is 1. The molecular formula is C16H9ClFNO2S. The van der Waals surface area contributed by atoms with Gasteiger partial charge in [0.25, 0.3) is 0 Å². The Bertz CT molecular complexity index is 849. The molecule has 2 aromatic carbocycles. The first-order chi connectivity index (χ1) is 10.5. The van der Waals surface area contributed by atoms with Crippen molar-refractivity contribution in [2.45, 2.75) is 0 Å². The van der Waals surface area contributed by atoms with Crippen LogP contribution in [0, 0.1) is 5.82 Å². The summed E-state index contributed by atoms with van der Waals surface area (Å²) in [6.45, 7) is 0. The van der Waals surface area contributed by atoms with E-state index in [1.54, 1.807) is 17.8 Å². The molecule has 3 rings (SSSR count). The van der Waals surface area contributed by atoms with Crippen LogP contribution in [0.15, 0.2) is 48.1 Å². The third-order valence-electron chi connectivity index (χ3n) is 3.14. The topological polar surface area (TPSA) is 50.2 Å². The van der Waals surface area contributed by atoms with Crippen molar-refractivity contribution in [1.29, 1.82) is 0 Å². The van der Waals surface area contributed by atoms with Crippen molar-refractivity contribution in [2.75, 3.05) is 0 Å². The average Bonchev–Trinajstić information content (AvgIpc) is 3.01. The van der Waals surface area contributed by atoms with E-state index < -0.39 is 11.8 Å². The second kappa shape index (κ2) is 5.87. The number of nitrogens with zero attached hydrogens (tertiary/aromatic N) is 1. The number of thiazole rings is 1. The van der Waals surface area contributed by atoms with Gasteiger partial charge in [-0.25, -0.2) is 9.18 Å². The summed E-state index contributed by atoms with van der Waals surface area (Å²) in [5.74, 6) is -1.48. The van der Waals surface area contributed by atoms with E-state index in [2.05, 4.69) is 4.98 Å². The molecule has 0 bridgehead atoms. The first kappa shape index (κ1) is 14.7. The first-order valence-corrected chi connectivity index (χ1v) is 7.53. The Labute approximate surface area is 134 Å². The molecule has 0 atom stereocenters. The Morgan fingerprint density at radius 3 is 2.59 bits per heavy atom. The zero-order chi connectivity index (χ0) is 15.7. The van der Waals surface area contributed by atoms with E-state index in [1.165, 1.54) is 35.6 Å². The number of rotatable bonds is 3. The number of hydrogen-bond acceptors (Lipinski definition) is 3. The monoisotopic (exact) mass is 333 g/mol. The van der Waals surface area contributed by atoms with E-state index in [-0.39, 0.29) is 10.6 Å². The fourth-order valence-electron chi connectivity index (χ4n) is 2.13. The second-order valence-electron chi connectivity index (χ2n) is 4.59. The Kier molecular flexibility index (Phi) is 3.92. The summed E-state index contributed by atoms with van der Waals surface area (Å²) in [7, 11) is 0. The number of benzene rings is 2. The minimum atomic E-state index is -1.04. The first-order valence-electron chi connectivity index (χ1n) is 6.27. The lowest BCUT2D eigenvalue weighted by atomic mass is 9.99. The number of carboxylic acid groups (broad SMARTS) is 1. The number of halogens is 2. The van der Waals surface area contributed by atoms with Gasteiger partial charge in [0.2, 0.25) is 0 Å². The number of hydrogen-bond donors (Lipinski definition) is 1. The van der Waals surface area contributed by atoms with E-state index in [9.17, 15) is 14.3 Å². The van der Waals surface area contributed by atoms with Gasteiger partial charge in [0.15, 0.2) is 0 Å². The molecule has 0 aliphatic carbocycles. The zero-order valence-corrected chi connectivity index (χ0v) is 12.7. The smallest absolute Gasteiger partial charge is 0.335 e. The molecule has 0 saturated heterocycles. The van der Waals surface area contributed by atoms with Gasteiger partial charge < -0.3 is 5.11 Å². The largest absolute Gasteiger partial charge is 0.478 e. The summed E-state index contributed by atoms with van der Waals surface area (Å²) in [4.78, 5) is 16.2. The van der Waals surface area contributed by atoms with E-state index in [0.717, 1.165) is 10.4 Å². The molecule has 22 heavy (non-hydrogen) atoms. The number of aromatic carboxylic acids is 1. The molecule has 3 nitrogen and oxygen atoms in total. The molecule has 0 aliphatic heterocycles. The molecule has 110 valence electrons. The molecule has 1 heterocycles. The van der Waals surface area contributed by atoms with Crippen LogP contribution in [0.4, 0.5) is 4.39 Å². The molecule has 1 aromatic heterocycles. The van der Waals surface area contributed by atoms with Crippen LogP contribution in [0.3, 0.4) is 0 Å². The van der Waals surface area contributed by atoms with Crippen LogP contribution < -0.4 is 0 Å². The fraction of sp³-hybridized carbons (Fsp3) is 0. The van der Waals surface area contributed by atoms with Crippen LogP contribution >= 0.6 is 22.9 Å². The third kappa shape index (κ3) is 2.86. The minimum Gasteiger partial charge on any atom is -0.478 e. The average molecular weight is 334 g/mol. The maximum Gasteiger partial charge on any atom is 0.335 e. The summed E-state index contributed by atoms with van der Waals surface area (Å²) in [5, 5.41) is 9.52. The summed E-state index contributed by atoms with van der Waals surface area (Å²) < 4.78 is 13.2. The Morgan fingerprint density at radius 2 is 1.95 bits per heavy atom. The molecule has 1 N–H and O–H groups in total. The van der Waals surface area contributed by atoms with Crippen LogP contribution in [-0.4, -0.2) is 16.1 Å². The van der Waals surface area contributed by atoms with Gasteiger partial charge >= 0.3 is 5.97 Å². The van der Waals surface area contributed by atoms with Gasteiger partial charge in [0, 0.05) is 11.8 Å². The summed E-state index contributed by atoms with van der Waals surface area (Å²) in [5.41, 5.74) is 3.75. The molecule has 0 fully saturated rings. The van der Waals surface area contributed by atoms with Gasteiger partial charge in [-0.05, 0) is 47.5 Å². The lowest BCUT2D eigenvalue weighted by Crippen LogP contribution is -1.97. The van der Waals surface area contributed by atoms with Crippen molar-refractivity contribution in [2.24, 2.45) is 0 Å². The number of carboxylic acids is 1. The maximum atomic E-state index is 13.2. The van der Waals surface area contributed by atoms with Crippen molar-refractivity contribution in [3.8, 4) is 21.6 Å². The van der Waals surface area contributed by atoms with Crippen molar-refractivity contribution in [1.82, 2.24) is 4.98 Å². The zero-order valence-electron chi connectivity index (χ0n) is 11.1. The maximum absolute atomic E-state index is 13.2. The Hall–Kier alpha value is -2.24. The van der Waals surface area contributed by atoms with Crippen LogP contribution in [0.2, 0.25) is 5.02 Å². The van der Waals surface area contributed by atoms with Crippen molar-refractivity contribution in [3.63, 3.8) is 0 Å². The predicted molar refractivity (Wildman–Crippen MR) is 84.9 cm³/mol. The normalized spacial score (nSPS) is 10.6. The lowest BCUT2D eigenvalue weighted by Gasteiger charge is -2.09. The van der Waals surface area contributed by atoms with Gasteiger partial charge in [0.1, 0.15) is 5.82 Å². The highest BCUT2D eigenvalue weighted by atomic mass is 35.5. The highest BCUT2D eigenvalue weighted by molar-refractivity contribution is 7.13. The van der Waals surface area contributed by atoms with Gasteiger partial charge in [-0.15, -0.1) is 11.3 Å². The Morgan fingerprint density at radius 1 is 1.18 bits per heavy atom. The third-order valence-corrected chi connectivity index (χ3v) is 4.27. The minimum absolute atomic E-state index is 0.140. The summed E-state index contributed by atoms with van der Waals surface area (Å²) >= 11 is 7.49. The SMILES string of the molecule is O=C(O)c1cc(-c2cncs2)cc(-c2ccc(F)cc2Cl)c1. The number of aromatic nitrogens is 1. The van der Waals surface area contributed by atoms with E-state index in [0.29, 0.717) is 11.1 Å². The summed E-state index contributed by atoms with van der Waals surface area (Å²) in [6.07, 6.45) is 1.67. The second-order valence-corrected chi connectivity index (χ2v) is 5.89. The van der Waals surface area contributed by atoms with Crippen LogP contribution in [0.5, 0.6) is 0 Å². The molecule has 0 saturated carbocycles. The van der Waals surface area contributed by atoms with E-state index >= 15 is 0 Å². The standard InChI is InChI=1S/C16H9ClFNO2S/c17-14-6-12(18)1-2-13(14)9-3-10(15-7-19-8-22-15)5-11(4-9)16(20)21/h1-8H,(H,20,21). The van der Waals surface area contributed by atoms with E-state index in [4.69, 9.17) is 11.6 Å². The van der Waals surface area contributed by atoms with Crippen LogP contribution in [0.1, 0.15) is 10.4 Å². The van der Waals surface area contributed by atoms with Crippen LogP contribution in [0.25, 0.3) is 21.6 Å². The predicted octanol–water partition coefficient (Wildman–Crippen LogP) is 4.97. The summed E-state index contributed by atoms with van der Waals surface area (Å²) in [6, 6.07) is 8.95. The van der Waals surface area contributed by atoms with E-state index in [1.807, 2.05) is 6.07 Å². The molecule has 0 unspecified atom stereocenters. The Balaban J connectivity index is 2.20. The molecule has 0 amide bonds. The van der Waals surface area contributed by atoms with Gasteiger partial charge in [-0.1, -0.05) is 11.6 Å². The molecule has 0 radical (unpaired) electrons. The van der Waals surface area contributed by atoms with Gasteiger partial charge in [-0.2, -0.15) is 0 Å². The van der Waals surface area contributed by atoms with Gasteiger partial charge in [0.05, 0.1) is 21.0 Å². The molecule has 0 aliphatic rings. The molecular weight excluding hydrogens is 325 g/mol. The molecule has 6 heteroatoms. The highest BCUT2D eigenvalue weighted by Gasteiger charge is 2.12. The van der Waals surface area contributed by atoms with Crippen LogP contribution in [-0.2, 0) is 0 Å². The van der Waals surface area contributed by atoms with Gasteiger partial charge in [-0.3, -0.25) is 4.98 Å². The fourth-order valence-corrected chi connectivity index (χ4v) is 3.02. The van der Waals surface area contributed by atoms with Crippen molar-refractivity contribution >= 4 is 28.9 Å². The lowest BCUT2D eigenvalue weighted by molar-refractivity contribution is 0.0697. The van der Waals surface area contributed by atoms with Crippen molar-refractivity contribution in [3.05, 3.63) is 64.5 Å². The molecule has 3 aromatic rings. The quantitative estimate of drug-likeness (QED) is 0.736.